The minimum atomic E-state index is -0.958. The van der Waals surface area contributed by atoms with Crippen LogP contribution in [0.1, 0.15) is 27.6 Å². The maximum absolute atomic E-state index is 12.3. The Bertz CT molecular complexity index is 681. The Labute approximate surface area is 144 Å². The van der Waals surface area contributed by atoms with E-state index in [1.807, 2.05) is 0 Å². The molecule has 2 N–H and O–H groups in total. The molecule has 8 heteroatoms. The summed E-state index contributed by atoms with van der Waals surface area (Å²) in [5.74, 6) is -1.47. The second kappa shape index (κ2) is 8.09. The minimum Gasteiger partial charge on any atom is -0.445 e. The zero-order valence-electron chi connectivity index (χ0n) is 13.8. The third kappa shape index (κ3) is 4.03. The van der Waals surface area contributed by atoms with Gasteiger partial charge >= 0.3 is 6.09 Å². The van der Waals surface area contributed by atoms with Crippen LogP contribution < -0.4 is 10.6 Å². The van der Waals surface area contributed by atoms with Crippen LogP contribution in [0.5, 0.6) is 0 Å². The molecule has 4 amide bonds. The Morgan fingerprint density at radius 1 is 1.16 bits per heavy atom. The smallest absolute Gasteiger partial charge is 0.407 e. The highest BCUT2D eigenvalue weighted by Crippen LogP contribution is 2.24. The highest BCUT2D eigenvalue weighted by Gasteiger charge is 2.40. The maximum Gasteiger partial charge on any atom is 0.407 e. The SMILES string of the molecule is C=CCOC(=O)NCCNC(=O)C(C)N1C(=O)c2ccccc2C1=O. The molecular formula is C17H19N3O5. The van der Waals surface area contributed by atoms with Crippen LogP contribution in [0.25, 0.3) is 0 Å². The molecule has 1 aliphatic rings. The van der Waals surface area contributed by atoms with Crippen LogP contribution in [0.4, 0.5) is 4.79 Å². The number of ether oxygens (including phenoxy) is 1. The number of hydrogen-bond acceptors (Lipinski definition) is 5. The number of amides is 4. The first kappa shape index (κ1) is 18.2. The lowest BCUT2D eigenvalue weighted by Gasteiger charge is -2.21. The van der Waals surface area contributed by atoms with Gasteiger partial charge in [-0.05, 0) is 19.1 Å². The van der Waals surface area contributed by atoms with Crippen molar-refractivity contribution in [3.8, 4) is 0 Å². The third-order valence-corrected chi connectivity index (χ3v) is 3.62. The van der Waals surface area contributed by atoms with Gasteiger partial charge in [0.25, 0.3) is 11.8 Å². The second-order valence-corrected chi connectivity index (χ2v) is 5.31. The summed E-state index contributed by atoms with van der Waals surface area (Å²) >= 11 is 0. The van der Waals surface area contributed by atoms with Crippen molar-refractivity contribution in [2.75, 3.05) is 19.7 Å². The molecule has 1 unspecified atom stereocenters. The fourth-order valence-electron chi connectivity index (χ4n) is 2.36. The number of nitrogens with one attached hydrogen (secondary N) is 2. The predicted molar refractivity (Wildman–Crippen MR) is 89.0 cm³/mol. The van der Waals surface area contributed by atoms with Gasteiger partial charge in [0.15, 0.2) is 0 Å². The maximum atomic E-state index is 12.3. The summed E-state index contributed by atoms with van der Waals surface area (Å²) in [4.78, 5) is 49.0. The van der Waals surface area contributed by atoms with Crippen molar-refractivity contribution in [2.24, 2.45) is 0 Å². The number of rotatable bonds is 7. The minimum absolute atomic E-state index is 0.0922. The van der Waals surface area contributed by atoms with Gasteiger partial charge in [-0.15, -0.1) is 0 Å². The van der Waals surface area contributed by atoms with E-state index in [-0.39, 0.29) is 19.7 Å². The first-order chi connectivity index (χ1) is 12.0. The predicted octanol–water partition coefficient (Wildman–Crippen LogP) is 0.700. The van der Waals surface area contributed by atoms with Gasteiger partial charge in [0.1, 0.15) is 12.6 Å². The molecule has 1 heterocycles. The Morgan fingerprint density at radius 2 is 1.72 bits per heavy atom. The average Bonchev–Trinajstić information content (AvgIpc) is 2.87. The van der Waals surface area contributed by atoms with Crippen LogP contribution >= 0.6 is 0 Å². The van der Waals surface area contributed by atoms with E-state index in [0.29, 0.717) is 11.1 Å². The van der Waals surface area contributed by atoms with Crippen LogP contribution in [0, 0.1) is 0 Å². The van der Waals surface area contributed by atoms with Gasteiger partial charge < -0.3 is 15.4 Å². The molecule has 0 aliphatic carbocycles. The van der Waals surface area contributed by atoms with Gasteiger partial charge in [-0.1, -0.05) is 24.8 Å². The number of hydrogen-bond donors (Lipinski definition) is 2. The third-order valence-electron chi connectivity index (χ3n) is 3.62. The van der Waals surface area contributed by atoms with Crippen molar-refractivity contribution >= 4 is 23.8 Å². The van der Waals surface area contributed by atoms with Crippen molar-refractivity contribution in [3.63, 3.8) is 0 Å². The number of carbonyl (C=O) groups is 4. The lowest BCUT2D eigenvalue weighted by Crippen LogP contribution is -2.49. The van der Waals surface area contributed by atoms with E-state index in [2.05, 4.69) is 17.2 Å². The number of nitrogens with zero attached hydrogens (tertiary/aromatic N) is 1. The summed E-state index contributed by atoms with van der Waals surface area (Å²) in [6.45, 7) is 5.27. The van der Waals surface area contributed by atoms with Crippen LogP contribution in [0.15, 0.2) is 36.9 Å². The summed E-state index contributed by atoms with van der Waals surface area (Å²) in [5.41, 5.74) is 0.581. The van der Waals surface area contributed by atoms with Crippen molar-refractivity contribution in [3.05, 3.63) is 48.0 Å². The van der Waals surface area contributed by atoms with Gasteiger partial charge in [0.05, 0.1) is 11.1 Å². The molecule has 132 valence electrons. The molecule has 0 aromatic heterocycles. The average molecular weight is 345 g/mol. The highest BCUT2D eigenvalue weighted by atomic mass is 16.5. The monoisotopic (exact) mass is 345 g/mol. The molecule has 0 saturated carbocycles. The Balaban J connectivity index is 1.85. The summed E-state index contributed by atoms with van der Waals surface area (Å²) in [6, 6.07) is 5.47. The number of alkyl carbamates (subject to hydrolysis) is 1. The molecule has 1 aromatic carbocycles. The quantitative estimate of drug-likeness (QED) is 0.430. The van der Waals surface area contributed by atoms with Gasteiger partial charge in [-0.2, -0.15) is 0 Å². The summed E-state index contributed by atoms with van der Waals surface area (Å²) in [5, 5.41) is 5.01. The van der Waals surface area contributed by atoms with Gasteiger partial charge in [0, 0.05) is 13.1 Å². The van der Waals surface area contributed by atoms with E-state index < -0.39 is 29.9 Å². The van der Waals surface area contributed by atoms with Crippen LogP contribution in [0.2, 0.25) is 0 Å². The number of carbonyl (C=O) groups excluding carboxylic acids is 4. The summed E-state index contributed by atoms with van der Waals surface area (Å²) in [7, 11) is 0. The van der Waals surface area contributed by atoms with E-state index in [1.54, 1.807) is 24.3 Å². The molecular weight excluding hydrogens is 326 g/mol. The molecule has 1 atom stereocenters. The molecule has 2 rings (SSSR count). The van der Waals surface area contributed by atoms with E-state index in [0.717, 1.165) is 4.90 Å². The molecule has 0 saturated heterocycles. The zero-order chi connectivity index (χ0) is 18.4. The van der Waals surface area contributed by atoms with Crippen molar-refractivity contribution in [1.29, 1.82) is 0 Å². The highest BCUT2D eigenvalue weighted by molar-refractivity contribution is 6.22. The topological polar surface area (TPSA) is 105 Å². The molecule has 1 aromatic rings. The van der Waals surface area contributed by atoms with Gasteiger partial charge in [-0.25, -0.2) is 4.79 Å². The molecule has 0 bridgehead atoms. The van der Waals surface area contributed by atoms with Crippen molar-refractivity contribution in [1.82, 2.24) is 15.5 Å². The second-order valence-electron chi connectivity index (χ2n) is 5.31. The van der Waals surface area contributed by atoms with E-state index in [4.69, 9.17) is 4.74 Å². The lowest BCUT2D eigenvalue weighted by molar-refractivity contribution is -0.124. The van der Waals surface area contributed by atoms with Crippen LogP contribution in [-0.4, -0.2) is 54.5 Å². The number of imide groups is 1. The Morgan fingerprint density at radius 3 is 2.28 bits per heavy atom. The molecule has 8 nitrogen and oxygen atoms in total. The van der Waals surface area contributed by atoms with E-state index in [9.17, 15) is 19.2 Å². The van der Waals surface area contributed by atoms with Crippen molar-refractivity contribution < 1.29 is 23.9 Å². The molecule has 1 aliphatic heterocycles. The van der Waals surface area contributed by atoms with Crippen LogP contribution in [0.3, 0.4) is 0 Å². The van der Waals surface area contributed by atoms with E-state index in [1.165, 1.54) is 13.0 Å². The largest absolute Gasteiger partial charge is 0.445 e. The molecule has 25 heavy (non-hydrogen) atoms. The summed E-state index contributed by atoms with van der Waals surface area (Å²) < 4.78 is 4.71. The lowest BCUT2D eigenvalue weighted by atomic mass is 10.1. The summed E-state index contributed by atoms with van der Waals surface area (Å²) in [6.07, 6.45) is 0.813. The number of fused-ring (bicyclic) bond motifs is 1. The fraction of sp³-hybridized carbons (Fsp3) is 0.294. The number of benzene rings is 1. The molecule has 0 radical (unpaired) electrons. The first-order valence-electron chi connectivity index (χ1n) is 7.73. The van der Waals surface area contributed by atoms with Gasteiger partial charge in [-0.3, -0.25) is 19.3 Å². The molecule has 0 fully saturated rings. The first-order valence-corrected chi connectivity index (χ1v) is 7.73. The zero-order valence-corrected chi connectivity index (χ0v) is 13.8. The van der Waals surface area contributed by atoms with Crippen molar-refractivity contribution in [2.45, 2.75) is 13.0 Å². The van der Waals surface area contributed by atoms with Crippen LogP contribution in [-0.2, 0) is 9.53 Å². The Hall–Kier alpha value is -3.16. The normalized spacial score (nSPS) is 13.9. The fourth-order valence-corrected chi connectivity index (χ4v) is 2.36. The van der Waals surface area contributed by atoms with Gasteiger partial charge in [0.2, 0.25) is 5.91 Å². The van der Waals surface area contributed by atoms with E-state index >= 15 is 0 Å². The Kier molecular flexibility index (Phi) is 5.89. The molecule has 0 spiro atoms. The standard InChI is InChI=1S/C17H19N3O5/c1-3-10-25-17(24)19-9-8-18-14(21)11(2)20-15(22)12-6-4-5-7-13(12)16(20)23/h3-7,11H,1,8-10H2,2H3,(H,18,21)(H,19,24).